The predicted molar refractivity (Wildman–Crippen MR) is 61.8 cm³/mol. The molecular formula is C11H12ClN3O2. The molecule has 0 radical (unpaired) electrons. The van der Waals surface area contributed by atoms with Gasteiger partial charge in [0.15, 0.2) is 0 Å². The lowest BCUT2D eigenvalue weighted by atomic mass is 10.1. The molecule has 0 unspecified atom stereocenters. The Morgan fingerprint density at radius 3 is 2.59 bits per heavy atom. The topological polar surface area (TPSA) is 63.2 Å². The van der Waals surface area contributed by atoms with Crippen molar-refractivity contribution in [1.82, 2.24) is 14.9 Å². The van der Waals surface area contributed by atoms with Crippen molar-refractivity contribution in [2.45, 2.75) is 19.3 Å². The standard InChI is InChI=1S/C11H12ClN3O2/c12-11-13-5-4-8(14-11)9(16)10(17)15-6-2-1-3-7-15/h4-5H,1-3,6-7H2. The molecule has 2 rings (SSSR count). The average Bonchev–Trinajstić information content (AvgIpc) is 2.38. The minimum Gasteiger partial charge on any atom is -0.336 e. The van der Waals surface area contributed by atoms with Gasteiger partial charge in [-0.2, -0.15) is 0 Å². The molecular weight excluding hydrogens is 242 g/mol. The summed E-state index contributed by atoms with van der Waals surface area (Å²) in [5.41, 5.74) is 0.0561. The van der Waals surface area contributed by atoms with E-state index in [0.29, 0.717) is 13.1 Å². The second-order valence-electron chi connectivity index (χ2n) is 3.89. The highest BCUT2D eigenvalue weighted by atomic mass is 35.5. The smallest absolute Gasteiger partial charge is 0.296 e. The molecule has 17 heavy (non-hydrogen) atoms. The van der Waals surface area contributed by atoms with E-state index in [4.69, 9.17) is 11.6 Å². The van der Waals surface area contributed by atoms with Crippen LogP contribution in [0.1, 0.15) is 29.8 Å². The van der Waals surface area contributed by atoms with Gasteiger partial charge in [-0.3, -0.25) is 9.59 Å². The summed E-state index contributed by atoms with van der Waals surface area (Å²) in [7, 11) is 0. The van der Waals surface area contributed by atoms with E-state index in [2.05, 4.69) is 9.97 Å². The van der Waals surface area contributed by atoms with E-state index >= 15 is 0 Å². The summed E-state index contributed by atoms with van der Waals surface area (Å²) in [6, 6.07) is 1.40. The second kappa shape index (κ2) is 5.23. The van der Waals surface area contributed by atoms with Crippen LogP contribution in [0.4, 0.5) is 0 Å². The molecule has 0 bridgehead atoms. The minimum atomic E-state index is -0.615. The van der Waals surface area contributed by atoms with Crippen LogP contribution in [-0.4, -0.2) is 39.6 Å². The quantitative estimate of drug-likeness (QED) is 0.453. The Balaban J connectivity index is 2.11. The number of hydrogen-bond acceptors (Lipinski definition) is 4. The summed E-state index contributed by atoms with van der Waals surface area (Å²) in [5, 5.41) is -0.0257. The number of halogens is 1. The van der Waals surface area contributed by atoms with Crippen molar-refractivity contribution in [2.75, 3.05) is 13.1 Å². The molecule has 90 valence electrons. The molecule has 2 heterocycles. The van der Waals surface area contributed by atoms with Crippen molar-refractivity contribution in [3.63, 3.8) is 0 Å². The van der Waals surface area contributed by atoms with Crippen LogP contribution in [0.3, 0.4) is 0 Å². The van der Waals surface area contributed by atoms with Gasteiger partial charge in [0.25, 0.3) is 11.7 Å². The van der Waals surface area contributed by atoms with Crippen molar-refractivity contribution < 1.29 is 9.59 Å². The van der Waals surface area contributed by atoms with Gasteiger partial charge >= 0.3 is 0 Å². The van der Waals surface area contributed by atoms with Crippen molar-refractivity contribution in [3.05, 3.63) is 23.2 Å². The highest BCUT2D eigenvalue weighted by Crippen LogP contribution is 2.11. The molecule has 0 saturated carbocycles. The van der Waals surface area contributed by atoms with Gasteiger partial charge in [-0.1, -0.05) is 0 Å². The molecule has 5 nitrogen and oxygen atoms in total. The SMILES string of the molecule is O=C(C(=O)N1CCCCC1)c1ccnc(Cl)n1. The first-order valence-corrected chi connectivity index (χ1v) is 5.88. The van der Waals surface area contributed by atoms with E-state index in [1.165, 1.54) is 12.3 Å². The molecule has 0 aliphatic carbocycles. The number of piperidine rings is 1. The van der Waals surface area contributed by atoms with Crippen LogP contribution >= 0.6 is 11.6 Å². The van der Waals surface area contributed by atoms with E-state index in [0.717, 1.165) is 19.3 Å². The van der Waals surface area contributed by atoms with E-state index in [9.17, 15) is 9.59 Å². The molecule has 0 spiro atoms. The molecule has 1 aliphatic heterocycles. The third-order valence-electron chi connectivity index (χ3n) is 2.70. The Morgan fingerprint density at radius 1 is 1.24 bits per heavy atom. The molecule has 1 saturated heterocycles. The molecule has 1 aromatic heterocycles. The number of carbonyl (C=O) groups is 2. The van der Waals surface area contributed by atoms with E-state index in [1.807, 2.05) is 0 Å². The number of likely N-dealkylation sites (tertiary alicyclic amines) is 1. The fourth-order valence-corrected chi connectivity index (χ4v) is 1.96. The number of nitrogens with zero attached hydrogens (tertiary/aromatic N) is 3. The highest BCUT2D eigenvalue weighted by molar-refractivity contribution is 6.42. The Hall–Kier alpha value is -1.49. The number of ketones is 1. The van der Waals surface area contributed by atoms with Crippen molar-refractivity contribution >= 4 is 23.3 Å². The zero-order valence-electron chi connectivity index (χ0n) is 9.23. The van der Waals surface area contributed by atoms with Gasteiger partial charge < -0.3 is 4.90 Å². The van der Waals surface area contributed by atoms with Gasteiger partial charge in [-0.25, -0.2) is 9.97 Å². The zero-order chi connectivity index (χ0) is 12.3. The van der Waals surface area contributed by atoms with Crippen LogP contribution in [0.15, 0.2) is 12.3 Å². The number of Topliss-reactive ketones (excluding diaryl/α,β-unsaturated/α-hetero) is 1. The number of rotatable bonds is 2. The molecule has 0 atom stereocenters. The second-order valence-corrected chi connectivity index (χ2v) is 4.23. The van der Waals surface area contributed by atoms with Gasteiger partial charge in [0.2, 0.25) is 5.28 Å². The Morgan fingerprint density at radius 2 is 1.94 bits per heavy atom. The molecule has 0 aromatic carbocycles. The van der Waals surface area contributed by atoms with Gasteiger partial charge in [0.1, 0.15) is 5.69 Å². The summed E-state index contributed by atoms with van der Waals surface area (Å²) in [4.78, 5) is 32.7. The number of amides is 1. The van der Waals surface area contributed by atoms with Gasteiger partial charge in [-0.05, 0) is 36.9 Å². The maximum atomic E-state index is 11.9. The number of hydrogen-bond donors (Lipinski definition) is 0. The van der Waals surface area contributed by atoms with Gasteiger partial charge in [0.05, 0.1) is 0 Å². The Kier molecular flexibility index (Phi) is 3.68. The number of aromatic nitrogens is 2. The van der Waals surface area contributed by atoms with E-state index in [1.54, 1.807) is 4.90 Å². The van der Waals surface area contributed by atoms with Crippen LogP contribution in [-0.2, 0) is 4.79 Å². The fourth-order valence-electron chi connectivity index (χ4n) is 1.81. The third kappa shape index (κ3) is 2.79. The van der Waals surface area contributed by atoms with Crippen LogP contribution < -0.4 is 0 Å². The summed E-state index contributed by atoms with van der Waals surface area (Å²) < 4.78 is 0. The van der Waals surface area contributed by atoms with E-state index < -0.39 is 11.7 Å². The largest absolute Gasteiger partial charge is 0.336 e. The van der Waals surface area contributed by atoms with Crippen LogP contribution in [0, 0.1) is 0 Å². The Bertz CT molecular complexity index is 444. The first-order chi connectivity index (χ1) is 8.18. The molecule has 0 N–H and O–H groups in total. The van der Waals surface area contributed by atoms with Crippen LogP contribution in [0.2, 0.25) is 5.28 Å². The number of carbonyl (C=O) groups excluding carboxylic acids is 2. The average molecular weight is 254 g/mol. The minimum absolute atomic E-state index is 0.0257. The third-order valence-corrected chi connectivity index (χ3v) is 2.88. The maximum absolute atomic E-state index is 11.9. The zero-order valence-corrected chi connectivity index (χ0v) is 9.98. The lowest BCUT2D eigenvalue weighted by molar-refractivity contribution is -0.127. The molecule has 1 fully saturated rings. The van der Waals surface area contributed by atoms with Crippen LogP contribution in [0.5, 0.6) is 0 Å². The van der Waals surface area contributed by atoms with Crippen molar-refractivity contribution in [2.24, 2.45) is 0 Å². The lowest BCUT2D eigenvalue weighted by Crippen LogP contribution is -2.40. The Labute approximate surface area is 104 Å². The maximum Gasteiger partial charge on any atom is 0.296 e. The summed E-state index contributed by atoms with van der Waals surface area (Å²) in [6.45, 7) is 1.28. The lowest BCUT2D eigenvalue weighted by Gasteiger charge is -2.25. The highest BCUT2D eigenvalue weighted by Gasteiger charge is 2.25. The van der Waals surface area contributed by atoms with Gasteiger partial charge in [-0.15, -0.1) is 0 Å². The van der Waals surface area contributed by atoms with Crippen molar-refractivity contribution in [3.8, 4) is 0 Å². The summed E-state index contributed by atoms with van der Waals surface area (Å²) >= 11 is 5.58. The molecule has 1 aliphatic rings. The fraction of sp³-hybridized carbons (Fsp3) is 0.455. The summed E-state index contributed by atoms with van der Waals surface area (Å²) in [6.07, 6.45) is 4.37. The first kappa shape index (κ1) is 12.0. The van der Waals surface area contributed by atoms with Crippen LogP contribution in [0.25, 0.3) is 0 Å². The van der Waals surface area contributed by atoms with Gasteiger partial charge in [0, 0.05) is 19.3 Å². The molecule has 1 amide bonds. The molecule has 1 aromatic rings. The monoisotopic (exact) mass is 253 g/mol. The molecule has 6 heteroatoms. The normalized spacial score (nSPS) is 15.7. The predicted octanol–water partition coefficient (Wildman–Crippen LogP) is 1.33. The summed E-state index contributed by atoms with van der Waals surface area (Å²) in [5.74, 6) is -1.12. The van der Waals surface area contributed by atoms with Crippen molar-refractivity contribution in [1.29, 1.82) is 0 Å². The first-order valence-electron chi connectivity index (χ1n) is 5.50. The van der Waals surface area contributed by atoms with E-state index in [-0.39, 0.29) is 11.0 Å².